The molecule has 2 atom stereocenters. The molecule has 6 heteroatoms. The van der Waals surface area contributed by atoms with Gasteiger partial charge >= 0.3 is 0 Å². The van der Waals surface area contributed by atoms with Crippen molar-refractivity contribution in [2.24, 2.45) is 5.92 Å². The van der Waals surface area contributed by atoms with Gasteiger partial charge < -0.3 is 9.80 Å². The van der Waals surface area contributed by atoms with Crippen molar-refractivity contribution in [2.45, 2.75) is 12.3 Å². The van der Waals surface area contributed by atoms with Gasteiger partial charge in [0.2, 0.25) is 5.91 Å². The molecule has 4 rings (SSSR count). The molecule has 2 aliphatic rings. The van der Waals surface area contributed by atoms with Crippen molar-refractivity contribution in [2.75, 3.05) is 31.1 Å². The second-order valence-electron chi connectivity index (χ2n) is 6.13. The fraction of sp³-hybridized carbons (Fsp3) is 0.412. The molecule has 0 spiro atoms. The largest absolute Gasteiger partial charge is 0.345 e. The molecule has 1 aliphatic carbocycles. The summed E-state index contributed by atoms with van der Waals surface area (Å²) in [4.78, 5) is 21.3. The third-order valence-corrected chi connectivity index (χ3v) is 5.73. The van der Waals surface area contributed by atoms with Gasteiger partial charge in [0.1, 0.15) is 0 Å². The Labute approximate surface area is 144 Å². The molecule has 0 unspecified atom stereocenters. The van der Waals surface area contributed by atoms with Crippen molar-refractivity contribution in [1.82, 2.24) is 9.88 Å². The normalized spacial score (nSPS) is 23.9. The Morgan fingerprint density at radius 2 is 2.09 bits per heavy atom. The first-order chi connectivity index (χ1) is 11.2. The number of anilines is 1. The van der Waals surface area contributed by atoms with Crippen LogP contribution in [0, 0.1) is 5.92 Å². The van der Waals surface area contributed by atoms with Gasteiger partial charge in [-0.25, -0.2) is 4.98 Å². The molecule has 2 heterocycles. The van der Waals surface area contributed by atoms with Gasteiger partial charge in [-0.15, -0.1) is 11.3 Å². The van der Waals surface area contributed by atoms with Crippen LogP contribution in [0.5, 0.6) is 0 Å². The van der Waals surface area contributed by atoms with Crippen LogP contribution in [0.15, 0.2) is 35.8 Å². The van der Waals surface area contributed by atoms with E-state index in [4.69, 9.17) is 11.6 Å². The maximum absolute atomic E-state index is 12.7. The van der Waals surface area contributed by atoms with Gasteiger partial charge in [-0.05, 0) is 30.0 Å². The van der Waals surface area contributed by atoms with Crippen molar-refractivity contribution in [1.29, 1.82) is 0 Å². The average Bonchev–Trinajstić information content (AvgIpc) is 3.19. The molecule has 0 bridgehead atoms. The number of hydrogen-bond donors (Lipinski definition) is 0. The summed E-state index contributed by atoms with van der Waals surface area (Å²) in [6, 6.07) is 7.90. The summed E-state index contributed by atoms with van der Waals surface area (Å²) in [6.07, 6.45) is 2.78. The number of carbonyl (C=O) groups excluding carboxylic acids is 1. The van der Waals surface area contributed by atoms with Crippen molar-refractivity contribution in [3.05, 3.63) is 46.4 Å². The molecule has 0 N–H and O–H groups in total. The minimum absolute atomic E-state index is 0.139. The van der Waals surface area contributed by atoms with Crippen LogP contribution in [0.3, 0.4) is 0 Å². The van der Waals surface area contributed by atoms with E-state index in [2.05, 4.69) is 16.0 Å². The molecule has 0 radical (unpaired) electrons. The number of hydrogen-bond acceptors (Lipinski definition) is 4. The Balaban J connectivity index is 1.35. The standard InChI is InChI=1S/C17H18ClN3OS/c18-13-3-1-2-12(10-13)14-11-15(14)16(22)20-5-7-21(8-6-20)17-19-4-9-23-17/h1-4,9-10,14-15H,5-8,11H2/t14-,15+/m1/s1. The smallest absolute Gasteiger partial charge is 0.226 e. The van der Waals surface area contributed by atoms with Crippen LogP contribution in [0.2, 0.25) is 5.02 Å². The van der Waals surface area contributed by atoms with Gasteiger partial charge in [0, 0.05) is 48.7 Å². The third kappa shape index (κ3) is 3.08. The highest BCUT2D eigenvalue weighted by Crippen LogP contribution is 2.49. The maximum Gasteiger partial charge on any atom is 0.226 e. The summed E-state index contributed by atoms with van der Waals surface area (Å²) in [7, 11) is 0. The van der Waals surface area contributed by atoms with E-state index in [9.17, 15) is 4.79 Å². The average molecular weight is 348 g/mol. The predicted octanol–water partition coefficient (Wildman–Crippen LogP) is 3.25. The van der Waals surface area contributed by atoms with E-state index in [1.807, 2.05) is 34.7 Å². The molecule has 1 amide bonds. The number of benzene rings is 1. The molecular formula is C17H18ClN3OS. The molecule has 1 saturated carbocycles. The molecule has 1 aromatic carbocycles. The SMILES string of the molecule is O=C([C@H]1C[C@@H]1c1cccc(Cl)c1)N1CCN(c2nccs2)CC1. The van der Waals surface area contributed by atoms with Gasteiger partial charge in [-0.2, -0.15) is 0 Å². The first kappa shape index (κ1) is 15.0. The van der Waals surface area contributed by atoms with E-state index in [-0.39, 0.29) is 5.92 Å². The molecular weight excluding hydrogens is 330 g/mol. The first-order valence-electron chi connectivity index (χ1n) is 7.91. The van der Waals surface area contributed by atoms with Crippen molar-refractivity contribution in [3.8, 4) is 0 Å². The molecule has 2 fully saturated rings. The van der Waals surface area contributed by atoms with Crippen LogP contribution >= 0.6 is 22.9 Å². The zero-order chi connectivity index (χ0) is 15.8. The number of aromatic nitrogens is 1. The Kier molecular flexibility index (Phi) is 3.99. The lowest BCUT2D eigenvalue weighted by atomic mass is 10.1. The van der Waals surface area contributed by atoms with E-state index >= 15 is 0 Å². The first-order valence-corrected chi connectivity index (χ1v) is 9.17. The van der Waals surface area contributed by atoms with E-state index in [0.717, 1.165) is 42.8 Å². The van der Waals surface area contributed by atoms with E-state index in [1.54, 1.807) is 11.3 Å². The second-order valence-corrected chi connectivity index (χ2v) is 7.44. The van der Waals surface area contributed by atoms with Crippen molar-refractivity contribution < 1.29 is 4.79 Å². The Bertz CT molecular complexity index is 698. The van der Waals surface area contributed by atoms with E-state index < -0.39 is 0 Å². The Morgan fingerprint density at radius 3 is 2.78 bits per heavy atom. The number of halogens is 1. The highest BCUT2D eigenvalue weighted by atomic mass is 35.5. The fourth-order valence-corrected chi connectivity index (χ4v) is 4.19. The van der Waals surface area contributed by atoms with Crippen molar-refractivity contribution in [3.63, 3.8) is 0 Å². The van der Waals surface area contributed by atoms with Crippen LogP contribution in [0.25, 0.3) is 0 Å². The lowest BCUT2D eigenvalue weighted by Crippen LogP contribution is -2.49. The molecule has 1 aromatic heterocycles. The number of rotatable bonds is 3. The number of amides is 1. The van der Waals surface area contributed by atoms with Gasteiger partial charge in [0.15, 0.2) is 5.13 Å². The summed E-state index contributed by atoms with van der Waals surface area (Å²) in [5.41, 5.74) is 1.19. The predicted molar refractivity (Wildman–Crippen MR) is 93.2 cm³/mol. The highest BCUT2D eigenvalue weighted by Gasteiger charge is 2.46. The van der Waals surface area contributed by atoms with Crippen LogP contribution in [0.4, 0.5) is 5.13 Å². The summed E-state index contributed by atoms with van der Waals surface area (Å²) in [5.74, 6) is 0.784. The summed E-state index contributed by atoms with van der Waals surface area (Å²) < 4.78 is 0. The van der Waals surface area contributed by atoms with E-state index in [1.165, 1.54) is 5.56 Å². The topological polar surface area (TPSA) is 36.4 Å². The zero-order valence-electron chi connectivity index (χ0n) is 12.7. The lowest BCUT2D eigenvalue weighted by Gasteiger charge is -2.34. The summed E-state index contributed by atoms with van der Waals surface area (Å²) in [6.45, 7) is 3.32. The minimum atomic E-state index is 0.139. The van der Waals surface area contributed by atoms with Gasteiger partial charge in [-0.1, -0.05) is 23.7 Å². The number of thiazole rings is 1. The van der Waals surface area contributed by atoms with E-state index in [0.29, 0.717) is 11.8 Å². The lowest BCUT2D eigenvalue weighted by molar-refractivity contribution is -0.132. The monoisotopic (exact) mass is 347 g/mol. The Morgan fingerprint density at radius 1 is 1.26 bits per heavy atom. The summed E-state index contributed by atoms with van der Waals surface area (Å²) >= 11 is 7.71. The summed E-state index contributed by atoms with van der Waals surface area (Å²) in [5, 5.41) is 3.80. The van der Waals surface area contributed by atoms with Crippen LogP contribution in [-0.4, -0.2) is 42.0 Å². The minimum Gasteiger partial charge on any atom is -0.345 e. The highest BCUT2D eigenvalue weighted by molar-refractivity contribution is 7.13. The molecule has 120 valence electrons. The van der Waals surface area contributed by atoms with Gasteiger partial charge in [0.25, 0.3) is 0 Å². The zero-order valence-corrected chi connectivity index (χ0v) is 14.3. The quantitative estimate of drug-likeness (QED) is 0.855. The number of nitrogens with zero attached hydrogens (tertiary/aromatic N) is 3. The van der Waals surface area contributed by atoms with Crippen molar-refractivity contribution >= 4 is 34.0 Å². The van der Waals surface area contributed by atoms with Crippen LogP contribution < -0.4 is 4.90 Å². The fourth-order valence-electron chi connectivity index (χ4n) is 3.30. The molecule has 2 aromatic rings. The molecule has 1 aliphatic heterocycles. The molecule has 1 saturated heterocycles. The maximum atomic E-state index is 12.7. The number of carbonyl (C=O) groups is 1. The third-order valence-electron chi connectivity index (χ3n) is 4.67. The molecule has 23 heavy (non-hydrogen) atoms. The second kappa shape index (κ2) is 6.13. The van der Waals surface area contributed by atoms with Crippen LogP contribution in [0.1, 0.15) is 17.9 Å². The molecule has 4 nitrogen and oxygen atoms in total. The van der Waals surface area contributed by atoms with Gasteiger partial charge in [0.05, 0.1) is 0 Å². The van der Waals surface area contributed by atoms with Crippen LogP contribution in [-0.2, 0) is 4.79 Å². The Hall–Kier alpha value is -1.59. The number of piperazine rings is 1. The van der Waals surface area contributed by atoms with Gasteiger partial charge in [-0.3, -0.25) is 4.79 Å².